The SMILES string of the molecule is CCC(=O)OC1CCCCC1CN1CCCCC1.Cl. The van der Waals surface area contributed by atoms with Crippen LogP contribution in [-0.4, -0.2) is 36.6 Å². The van der Waals surface area contributed by atoms with E-state index in [0.717, 1.165) is 13.0 Å². The van der Waals surface area contributed by atoms with Gasteiger partial charge in [-0.2, -0.15) is 0 Å². The van der Waals surface area contributed by atoms with E-state index < -0.39 is 0 Å². The third-order valence-electron chi connectivity index (χ3n) is 4.35. The van der Waals surface area contributed by atoms with E-state index in [1.807, 2.05) is 6.92 Å². The van der Waals surface area contributed by atoms with Crippen LogP contribution in [0.3, 0.4) is 0 Å². The second-order valence-electron chi connectivity index (χ2n) is 5.79. The molecule has 0 aromatic rings. The summed E-state index contributed by atoms with van der Waals surface area (Å²) in [6.45, 7) is 5.50. The number of rotatable bonds is 4. The summed E-state index contributed by atoms with van der Waals surface area (Å²) >= 11 is 0. The summed E-state index contributed by atoms with van der Waals surface area (Å²) in [7, 11) is 0. The molecule has 0 amide bonds. The lowest BCUT2D eigenvalue weighted by Crippen LogP contribution is -2.41. The average molecular weight is 290 g/mol. The molecule has 1 heterocycles. The summed E-state index contributed by atoms with van der Waals surface area (Å²) in [4.78, 5) is 14.1. The van der Waals surface area contributed by atoms with E-state index in [4.69, 9.17) is 4.74 Å². The van der Waals surface area contributed by atoms with Crippen LogP contribution in [0.25, 0.3) is 0 Å². The van der Waals surface area contributed by atoms with Crippen molar-refractivity contribution >= 4 is 18.4 Å². The van der Waals surface area contributed by atoms with Gasteiger partial charge in [0.15, 0.2) is 0 Å². The highest BCUT2D eigenvalue weighted by Crippen LogP contribution is 2.28. The van der Waals surface area contributed by atoms with Gasteiger partial charge in [-0.25, -0.2) is 0 Å². The molecule has 1 saturated heterocycles. The zero-order valence-electron chi connectivity index (χ0n) is 12.1. The van der Waals surface area contributed by atoms with Gasteiger partial charge >= 0.3 is 5.97 Å². The summed E-state index contributed by atoms with van der Waals surface area (Å²) in [5.41, 5.74) is 0. The Morgan fingerprint density at radius 3 is 2.47 bits per heavy atom. The number of ether oxygens (including phenoxy) is 1. The fraction of sp³-hybridized carbons (Fsp3) is 0.933. The maximum Gasteiger partial charge on any atom is 0.305 e. The molecule has 112 valence electrons. The Labute approximate surface area is 123 Å². The zero-order valence-corrected chi connectivity index (χ0v) is 12.9. The minimum absolute atomic E-state index is 0. The minimum atomic E-state index is -0.0226. The molecule has 4 heteroatoms. The molecule has 2 fully saturated rings. The van der Waals surface area contributed by atoms with Gasteiger partial charge in [0.1, 0.15) is 6.10 Å². The number of hydrogen-bond acceptors (Lipinski definition) is 3. The van der Waals surface area contributed by atoms with Crippen molar-refractivity contribution in [3.8, 4) is 0 Å². The van der Waals surface area contributed by atoms with Crippen LogP contribution in [0.4, 0.5) is 0 Å². The van der Waals surface area contributed by atoms with Gasteiger partial charge in [-0.05, 0) is 45.2 Å². The molecule has 19 heavy (non-hydrogen) atoms. The molecular weight excluding hydrogens is 262 g/mol. The first kappa shape index (κ1) is 16.8. The highest BCUT2D eigenvalue weighted by atomic mass is 35.5. The molecule has 2 aliphatic rings. The topological polar surface area (TPSA) is 29.5 Å². The fourth-order valence-electron chi connectivity index (χ4n) is 3.26. The maximum absolute atomic E-state index is 11.5. The number of carbonyl (C=O) groups is 1. The second kappa shape index (κ2) is 8.80. The lowest BCUT2D eigenvalue weighted by atomic mass is 9.85. The molecule has 0 bridgehead atoms. The lowest BCUT2D eigenvalue weighted by molar-refractivity contribution is -0.153. The number of halogens is 1. The van der Waals surface area contributed by atoms with E-state index in [1.165, 1.54) is 51.6 Å². The van der Waals surface area contributed by atoms with Crippen LogP contribution >= 0.6 is 12.4 Å². The first-order valence-electron chi connectivity index (χ1n) is 7.71. The van der Waals surface area contributed by atoms with Crippen LogP contribution in [-0.2, 0) is 9.53 Å². The van der Waals surface area contributed by atoms with Gasteiger partial charge in [0, 0.05) is 18.9 Å². The quantitative estimate of drug-likeness (QED) is 0.743. The summed E-state index contributed by atoms with van der Waals surface area (Å²) in [6, 6.07) is 0. The molecule has 0 radical (unpaired) electrons. The summed E-state index contributed by atoms with van der Waals surface area (Å²) < 4.78 is 5.63. The molecule has 2 atom stereocenters. The third kappa shape index (κ3) is 5.31. The van der Waals surface area contributed by atoms with Crippen LogP contribution < -0.4 is 0 Å². The molecule has 3 nitrogen and oxygen atoms in total. The monoisotopic (exact) mass is 289 g/mol. The average Bonchev–Trinajstić information content (AvgIpc) is 2.42. The number of hydrogen-bond donors (Lipinski definition) is 0. The molecule has 0 aromatic carbocycles. The predicted octanol–water partition coefficient (Wildman–Crippen LogP) is 3.41. The molecular formula is C15H28ClNO2. The highest BCUT2D eigenvalue weighted by molar-refractivity contribution is 5.85. The Balaban J connectivity index is 0.00000180. The standard InChI is InChI=1S/C15H27NO2.ClH/c1-2-15(17)18-14-9-5-4-8-13(14)12-16-10-6-3-7-11-16;/h13-14H,2-12H2,1H3;1H. The third-order valence-corrected chi connectivity index (χ3v) is 4.35. The van der Waals surface area contributed by atoms with Crippen molar-refractivity contribution in [2.45, 2.75) is 64.4 Å². The predicted molar refractivity (Wildman–Crippen MR) is 79.7 cm³/mol. The van der Waals surface area contributed by atoms with Gasteiger partial charge in [0.05, 0.1) is 0 Å². The van der Waals surface area contributed by atoms with Crippen LogP contribution in [0.5, 0.6) is 0 Å². The first-order valence-corrected chi connectivity index (χ1v) is 7.71. The number of esters is 1. The van der Waals surface area contributed by atoms with E-state index in [0.29, 0.717) is 12.3 Å². The van der Waals surface area contributed by atoms with E-state index in [1.54, 1.807) is 0 Å². The van der Waals surface area contributed by atoms with E-state index in [2.05, 4.69) is 4.90 Å². The first-order chi connectivity index (χ1) is 8.79. The largest absolute Gasteiger partial charge is 0.462 e. The normalized spacial score (nSPS) is 28.5. The highest BCUT2D eigenvalue weighted by Gasteiger charge is 2.29. The molecule has 2 unspecified atom stereocenters. The number of carbonyl (C=O) groups excluding carboxylic acids is 1. The second-order valence-corrected chi connectivity index (χ2v) is 5.79. The molecule has 0 aromatic heterocycles. The van der Waals surface area contributed by atoms with Crippen molar-refractivity contribution in [3.05, 3.63) is 0 Å². The zero-order chi connectivity index (χ0) is 12.8. The molecule has 0 N–H and O–H groups in total. The van der Waals surface area contributed by atoms with Crippen LogP contribution in [0.15, 0.2) is 0 Å². The van der Waals surface area contributed by atoms with Crippen LogP contribution in [0, 0.1) is 5.92 Å². The van der Waals surface area contributed by atoms with Crippen molar-refractivity contribution in [3.63, 3.8) is 0 Å². The van der Waals surface area contributed by atoms with Gasteiger partial charge in [-0.3, -0.25) is 4.79 Å². The molecule has 1 aliphatic heterocycles. The van der Waals surface area contributed by atoms with Crippen molar-refractivity contribution in [1.29, 1.82) is 0 Å². The Kier molecular flexibility index (Phi) is 7.77. The van der Waals surface area contributed by atoms with Crippen molar-refractivity contribution < 1.29 is 9.53 Å². The summed E-state index contributed by atoms with van der Waals surface area (Å²) in [5, 5.41) is 0. The number of nitrogens with zero attached hydrogens (tertiary/aromatic N) is 1. The minimum Gasteiger partial charge on any atom is -0.462 e. The smallest absolute Gasteiger partial charge is 0.305 e. The van der Waals surface area contributed by atoms with Crippen LogP contribution in [0.1, 0.15) is 58.3 Å². The van der Waals surface area contributed by atoms with Gasteiger partial charge in [0.2, 0.25) is 0 Å². The maximum atomic E-state index is 11.5. The molecule has 2 rings (SSSR count). The summed E-state index contributed by atoms with van der Waals surface area (Å²) in [6.07, 6.45) is 9.59. The van der Waals surface area contributed by atoms with Crippen molar-refractivity contribution in [1.82, 2.24) is 4.90 Å². The van der Waals surface area contributed by atoms with Gasteiger partial charge < -0.3 is 9.64 Å². The Hall–Kier alpha value is -0.280. The summed E-state index contributed by atoms with van der Waals surface area (Å²) in [5.74, 6) is 0.554. The Bertz CT molecular complexity index is 267. The molecule has 1 saturated carbocycles. The van der Waals surface area contributed by atoms with Gasteiger partial charge in [-0.1, -0.05) is 19.8 Å². The Morgan fingerprint density at radius 1 is 1.11 bits per heavy atom. The Morgan fingerprint density at radius 2 is 1.79 bits per heavy atom. The number of likely N-dealkylation sites (tertiary alicyclic amines) is 1. The van der Waals surface area contributed by atoms with Crippen LogP contribution in [0.2, 0.25) is 0 Å². The number of piperidine rings is 1. The van der Waals surface area contributed by atoms with Crippen molar-refractivity contribution in [2.75, 3.05) is 19.6 Å². The van der Waals surface area contributed by atoms with Gasteiger partial charge in [0.25, 0.3) is 0 Å². The van der Waals surface area contributed by atoms with Gasteiger partial charge in [-0.15, -0.1) is 12.4 Å². The lowest BCUT2D eigenvalue weighted by Gasteiger charge is -2.36. The van der Waals surface area contributed by atoms with E-state index in [9.17, 15) is 4.79 Å². The van der Waals surface area contributed by atoms with E-state index >= 15 is 0 Å². The fourth-order valence-corrected chi connectivity index (χ4v) is 3.26. The van der Waals surface area contributed by atoms with Crippen molar-refractivity contribution in [2.24, 2.45) is 5.92 Å². The molecule has 0 spiro atoms. The molecule has 1 aliphatic carbocycles. The van der Waals surface area contributed by atoms with E-state index in [-0.39, 0.29) is 24.5 Å².